The Labute approximate surface area is 79.9 Å². The molecule has 1 aliphatic rings. The Morgan fingerprint density at radius 2 is 2.38 bits per heavy atom. The van der Waals surface area contributed by atoms with Gasteiger partial charge in [-0.2, -0.15) is 5.26 Å². The maximum absolute atomic E-state index is 10.2. The second-order valence-corrected chi connectivity index (χ2v) is 3.94. The van der Waals surface area contributed by atoms with Crippen LogP contribution in [0.15, 0.2) is 12.2 Å². The van der Waals surface area contributed by atoms with Crippen molar-refractivity contribution in [3.63, 3.8) is 0 Å². The van der Waals surface area contributed by atoms with Crippen LogP contribution in [-0.2, 0) is 0 Å². The number of rotatable bonds is 1. The van der Waals surface area contributed by atoms with Crippen molar-refractivity contribution >= 4 is 0 Å². The third-order valence-corrected chi connectivity index (χ3v) is 2.94. The molecule has 0 saturated carbocycles. The average Bonchev–Trinajstić information content (AvgIpc) is 2.09. The summed E-state index contributed by atoms with van der Waals surface area (Å²) in [5.41, 5.74) is -0.750. The second kappa shape index (κ2) is 4.43. The summed E-state index contributed by atoms with van der Waals surface area (Å²) in [5.74, 6) is 0.198. The smallest absolute Gasteiger partial charge is 0.0805 e. The monoisotopic (exact) mass is 179 g/mol. The molecule has 72 valence electrons. The molecule has 0 radical (unpaired) electrons. The Hall–Kier alpha value is -0.810. The summed E-state index contributed by atoms with van der Waals surface area (Å²) in [5, 5.41) is 18.8. The fraction of sp³-hybridized carbons (Fsp3) is 0.727. The Morgan fingerprint density at radius 1 is 1.62 bits per heavy atom. The quantitative estimate of drug-likeness (QED) is 0.628. The minimum Gasteiger partial charge on any atom is -0.389 e. The van der Waals surface area contributed by atoms with E-state index in [0.717, 1.165) is 25.7 Å². The van der Waals surface area contributed by atoms with Crippen molar-refractivity contribution in [2.45, 2.75) is 44.6 Å². The SMILES string of the molecule is C[C@H]1C/C=C/CCC[C@]1(O)CC#N. The van der Waals surface area contributed by atoms with Crippen molar-refractivity contribution in [3.8, 4) is 6.07 Å². The van der Waals surface area contributed by atoms with E-state index in [-0.39, 0.29) is 12.3 Å². The third kappa shape index (κ3) is 2.57. The molecule has 0 fully saturated rings. The van der Waals surface area contributed by atoms with Crippen LogP contribution in [0.5, 0.6) is 0 Å². The van der Waals surface area contributed by atoms with E-state index in [1.54, 1.807) is 0 Å². The van der Waals surface area contributed by atoms with Gasteiger partial charge in [0.25, 0.3) is 0 Å². The van der Waals surface area contributed by atoms with Crippen LogP contribution in [0.25, 0.3) is 0 Å². The number of hydrogen-bond acceptors (Lipinski definition) is 2. The molecule has 1 rings (SSSR count). The van der Waals surface area contributed by atoms with Crippen molar-refractivity contribution in [1.29, 1.82) is 5.26 Å². The van der Waals surface area contributed by atoms with E-state index >= 15 is 0 Å². The van der Waals surface area contributed by atoms with Crippen LogP contribution in [0.4, 0.5) is 0 Å². The molecule has 0 spiro atoms. The number of hydrogen-bond donors (Lipinski definition) is 1. The second-order valence-electron chi connectivity index (χ2n) is 3.94. The molecule has 13 heavy (non-hydrogen) atoms. The Bertz CT molecular complexity index is 229. The lowest BCUT2D eigenvalue weighted by Gasteiger charge is -2.32. The molecule has 0 amide bonds. The zero-order valence-corrected chi connectivity index (χ0v) is 8.16. The summed E-state index contributed by atoms with van der Waals surface area (Å²) < 4.78 is 0. The van der Waals surface area contributed by atoms with Crippen LogP contribution in [0.2, 0.25) is 0 Å². The fourth-order valence-electron chi connectivity index (χ4n) is 1.81. The van der Waals surface area contributed by atoms with E-state index in [1.165, 1.54) is 0 Å². The summed E-state index contributed by atoms with van der Waals surface area (Å²) in [7, 11) is 0. The van der Waals surface area contributed by atoms with E-state index < -0.39 is 5.60 Å². The van der Waals surface area contributed by atoms with Crippen LogP contribution in [-0.4, -0.2) is 10.7 Å². The van der Waals surface area contributed by atoms with Crippen molar-refractivity contribution in [1.82, 2.24) is 0 Å². The third-order valence-electron chi connectivity index (χ3n) is 2.94. The first-order valence-corrected chi connectivity index (χ1v) is 4.93. The lowest BCUT2D eigenvalue weighted by atomic mass is 9.79. The molecule has 2 atom stereocenters. The molecule has 0 aromatic rings. The molecule has 2 nitrogen and oxygen atoms in total. The van der Waals surface area contributed by atoms with Gasteiger partial charge in [-0.3, -0.25) is 0 Å². The molecule has 0 aromatic carbocycles. The molecule has 0 aromatic heterocycles. The Morgan fingerprint density at radius 3 is 3.08 bits per heavy atom. The van der Waals surface area contributed by atoms with Gasteiger partial charge in [-0.15, -0.1) is 0 Å². The minimum absolute atomic E-state index is 0.198. The maximum atomic E-state index is 10.2. The van der Waals surface area contributed by atoms with Crippen LogP contribution < -0.4 is 0 Å². The largest absolute Gasteiger partial charge is 0.389 e. The molecule has 0 bridgehead atoms. The summed E-state index contributed by atoms with van der Waals surface area (Å²) >= 11 is 0. The summed E-state index contributed by atoms with van der Waals surface area (Å²) in [4.78, 5) is 0. The molecular formula is C11H17NO. The topological polar surface area (TPSA) is 44.0 Å². The number of nitriles is 1. The van der Waals surface area contributed by atoms with Gasteiger partial charge in [-0.25, -0.2) is 0 Å². The molecular weight excluding hydrogens is 162 g/mol. The van der Waals surface area contributed by atoms with Crippen LogP contribution in [0.1, 0.15) is 39.0 Å². The van der Waals surface area contributed by atoms with Gasteiger partial charge in [-0.1, -0.05) is 19.1 Å². The van der Waals surface area contributed by atoms with Gasteiger partial charge in [-0.05, 0) is 31.6 Å². The van der Waals surface area contributed by atoms with Crippen LogP contribution in [0.3, 0.4) is 0 Å². The van der Waals surface area contributed by atoms with Crippen molar-refractivity contribution in [3.05, 3.63) is 12.2 Å². The van der Waals surface area contributed by atoms with Crippen molar-refractivity contribution in [2.75, 3.05) is 0 Å². The fourth-order valence-corrected chi connectivity index (χ4v) is 1.81. The highest BCUT2D eigenvalue weighted by Gasteiger charge is 2.32. The van der Waals surface area contributed by atoms with E-state index in [9.17, 15) is 5.11 Å². The standard InChI is InChI=1S/C11H17NO/c1-10-6-4-2-3-5-7-11(10,13)8-9-12/h2,4,10,13H,3,5-8H2,1H3/b4-2+/t10-,11-/m0/s1. The average molecular weight is 179 g/mol. The highest BCUT2D eigenvalue weighted by molar-refractivity contribution is 4.98. The first-order chi connectivity index (χ1) is 6.19. The molecule has 0 unspecified atom stereocenters. The number of aliphatic hydroxyl groups is 1. The Kier molecular flexibility index (Phi) is 3.50. The van der Waals surface area contributed by atoms with Crippen molar-refractivity contribution < 1.29 is 5.11 Å². The Balaban J connectivity index is 2.69. The van der Waals surface area contributed by atoms with E-state index in [2.05, 4.69) is 18.2 Å². The molecule has 0 saturated heterocycles. The zero-order chi connectivity index (χ0) is 9.73. The minimum atomic E-state index is -0.750. The molecule has 0 heterocycles. The maximum Gasteiger partial charge on any atom is 0.0805 e. The predicted octanol–water partition coefficient (Wildman–Crippen LogP) is 2.40. The summed E-state index contributed by atoms with van der Waals surface area (Å²) in [6.45, 7) is 2.02. The summed E-state index contributed by atoms with van der Waals surface area (Å²) in [6.07, 6.45) is 8.21. The van der Waals surface area contributed by atoms with Gasteiger partial charge in [0.2, 0.25) is 0 Å². The van der Waals surface area contributed by atoms with Gasteiger partial charge in [0.05, 0.1) is 18.1 Å². The van der Waals surface area contributed by atoms with E-state index in [0.29, 0.717) is 0 Å². The van der Waals surface area contributed by atoms with Crippen molar-refractivity contribution in [2.24, 2.45) is 5.92 Å². The van der Waals surface area contributed by atoms with Gasteiger partial charge < -0.3 is 5.11 Å². The summed E-state index contributed by atoms with van der Waals surface area (Å²) in [6, 6.07) is 2.08. The van der Waals surface area contributed by atoms with Gasteiger partial charge in [0.1, 0.15) is 0 Å². The lowest BCUT2D eigenvalue weighted by molar-refractivity contribution is -0.0169. The first kappa shape index (κ1) is 10.3. The van der Waals surface area contributed by atoms with Crippen LogP contribution >= 0.6 is 0 Å². The molecule has 1 N–H and O–H groups in total. The predicted molar refractivity (Wildman–Crippen MR) is 52.0 cm³/mol. The van der Waals surface area contributed by atoms with E-state index in [4.69, 9.17) is 5.26 Å². The lowest BCUT2D eigenvalue weighted by Crippen LogP contribution is -2.36. The van der Waals surface area contributed by atoms with Crippen LogP contribution in [0, 0.1) is 17.2 Å². The highest BCUT2D eigenvalue weighted by Crippen LogP contribution is 2.31. The zero-order valence-electron chi connectivity index (χ0n) is 8.16. The number of nitrogens with zero attached hydrogens (tertiary/aromatic N) is 1. The highest BCUT2D eigenvalue weighted by atomic mass is 16.3. The van der Waals surface area contributed by atoms with E-state index in [1.807, 2.05) is 6.92 Å². The van der Waals surface area contributed by atoms with Gasteiger partial charge >= 0.3 is 0 Å². The van der Waals surface area contributed by atoms with Gasteiger partial charge in [0.15, 0.2) is 0 Å². The normalized spacial score (nSPS) is 37.2. The first-order valence-electron chi connectivity index (χ1n) is 4.93. The molecule has 1 aliphatic carbocycles. The molecule has 0 aliphatic heterocycles. The molecule has 2 heteroatoms. The number of allylic oxidation sites excluding steroid dienone is 2. The van der Waals surface area contributed by atoms with Gasteiger partial charge in [0, 0.05) is 0 Å².